The molecule has 0 saturated carbocycles. The van der Waals surface area contributed by atoms with E-state index in [4.69, 9.17) is 4.74 Å². The number of aromatic nitrogens is 2. The standard InChI is InChI=1S/C22H20N2O3S/c25-21-20-19(12-16-28-20)23(14-15-27-18-9-5-2-6-10-18)22(26)24(21)13-11-17-7-3-1-4-8-17/h1-10,12,16H,11,13-15H2. The molecule has 0 bridgehead atoms. The third kappa shape index (κ3) is 3.77. The first-order valence-corrected chi connectivity index (χ1v) is 10.0. The van der Waals surface area contributed by atoms with Gasteiger partial charge in [0.1, 0.15) is 17.1 Å². The number of hydrogen-bond donors (Lipinski definition) is 0. The first kappa shape index (κ1) is 18.3. The quantitative estimate of drug-likeness (QED) is 0.483. The molecule has 0 aliphatic heterocycles. The lowest BCUT2D eigenvalue weighted by Gasteiger charge is -2.13. The zero-order valence-electron chi connectivity index (χ0n) is 15.3. The summed E-state index contributed by atoms with van der Waals surface area (Å²) in [5.41, 5.74) is 1.27. The number of nitrogens with zero attached hydrogens (tertiary/aromatic N) is 2. The van der Waals surface area contributed by atoms with Crippen molar-refractivity contribution in [3.8, 4) is 5.75 Å². The van der Waals surface area contributed by atoms with Crippen molar-refractivity contribution < 1.29 is 4.74 Å². The van der Waals surface area contributed by atoms with Crippen LogP contribution in [-0.2, 0) is 19.5 Å². The molecule has 28 heavy (non-hydrogen) atoms. The van der Waals surface area contributed by atoms with E-state index in [1.165, 1.54) is 15.9 Å². The Morgan fingerprint density at radius 2 is 1.54 bits per heavy atom. The molecule has 6 heteroatoms. The summed E-state index contributed by atoms with van der Waals surface area (Å²) in [6.45, 7) is 1.09. The molecule has 2 aromatic heterocycles. The SMILES string of the molecule is O=c1c2sccc2n(CCOc2ccccc2)c(=O)n1CCc1ccccc1. The van der Waals surface area contributed by atoms with Crippen molar-refractivity contribution in [3.63, 3.8) is 0 Å². The van der Waals surface area contributed by atoms with Gasteiger partial charge in [0.15, 0.2) is 0 Å². The van der Waals surface area contributed by atoms with Gasteiger partial charge >= 0.3 is 5.69 Å². The van der Waals surface area contributed by atoms with Gasteiger partial charge in [0, 0.05) is 6.54 Å². The van der Waals surface area contributed by atoms with Crippen LogP contribution in [0.5, 0.6) is 5.75 Å². The normalized spacial score (nSPS) is 11.0. The van der Waals surface area contributed by atoms with Gasteiger partial charge in [-0.3, -0.25) is 13.9 Å². The van der Waals surface area contributed by atoms with Crippen LogP contribution in [0.1, 0.15) is 5.56 Å². The molecular weight excluding hydrogens is 372 g/mol. The van der Waals surface area contributed by atoms with Crippen LogP contribution in [0.3, 0.4) is 0 Å². The second-order valence-corrected chi connectivity index (χ2v) is 7.34. The average Bonchev–Trinajstić information content (AvgIpc) is 3.22. The predicted molar refractivity (Wildman–Crippen MR) is 112 cm³/mol. The van der Waals surface area contributed by atoms with Crippen LogP contribution >= 0.6 is 11.3 Å². The van der Waals surface area contributed by atoms with Crippen molar-refractivity contribution in [2.24, 2.45) is 0 Å². The Bertz CT molecular complexity index is 1180. The second-order valence-electron chi connectivity index (χ2n) is 6.42. The van der Waals surface area contributed by atoms with Crippen LogP contribution in [-0.4, -0.2) is 15.7 Å². The molecule has 0 aliphatic carbocycles. The van der Waals surface area contributed by atoms with E-state index in [0.29, 0.717) is 36.3 Å². The highest BCUT2D eigenvalue weighted by atomic mass is 32.1. The Labute approximate surface area is 166 Å². The van der Waals surface area contributed by atoms with Crippen LogP contribution in [0.25, 0.3) is 10.2 Å². The summed E-state index contributed by atoms with van der Waals surface area (Å²) in [5.74, 6) is 0.759. The van der Waals surface area contributed by atoms with Gasteiger partial charge in [0.05, 0.1) is 12.1 Å². The molecule has 0 fully saturated rings. The van der Waals surface area contributed by atoms with E-state index >= 15 is 0 Å². The summed E-state index contributed by atoms with van der Waals surface area (Å²) in [5, 5.41) is 1.85. The third-order valence-corrected chi connectivity index (χ3v) is 5.52. The van der Waals surface area contributed by atoms with Gasteiger partial charge in [-0.2, -0.15) is 0 Å². The van der Waals surface area contributed by atoms with Gasteiger partial charge in [0.2, 0.25) is 0 Å². The lowest BCUT2D eigenvalue weighted by atomic mass is 10.1. The number of ether oxygens (including phenoxy) is 1. The number of rotatable bonds is 7. The van der Waals surface area contributed by atoms with Gasteiger partial charge < -0.3 is 4.74 Å². The molecule has 2 aromatic carbocycles. The predicted octanol–water partition coefficient (Wildman–Crippen LogP) is 3.55. The number of para-hydroxylation sites is 1. The maximum Gasteiger partial charge on any atom is 0.331 e. The van der Waals surface area contributed by atoms with Gasteiger partial charge in [-0.15, -0.1) is 11.3 Å². The van der Waals surface area contributed by atoms with Crippen molar-refractivity contribution in [1.29, 1.82) is 0 Å². The Morgan fingerprint density at radius 1 is 0.821 bits per heavy atom. The van der Waals surface area contributed by atoms with Gasteiger partial charge in [-0.1, -0.05) is 48.5 Å². The molecule has 0 aliphatic rings. The van der Waals surface area contributed by atoms with Crippen LogP contribution in [0, 0.1) is 0 Å². The number of thiophene rings is 1. The second kappa shape index (κ2) is 8.27. The monoisotopic (exact) mass is 392 g/mol. The highest BCUT2D eigenvalue weighted by molar-refractivity contribution is 7.17. The molecule has 0 amide bonds. The van der Waals surface area contributed by atoms with E-state index in [-0.39, 0.29) is 11.2 Å². The first-order chi connectivity index (χ1) is 13.7. The van der Waals surface area contributed by atoms with Gasteiger partial charge in [-0.25, -0.2) is 4.79 Å². The molecule has 0 radical (unpaired) electrons. The van der Waals surface area contributed by atoms with E-state index < -0.39 is 0 Å². The van der Waals surface area contributed by atoms with E-state index in [1.807, 2.05) is 72.1 Å². The fourth-order valence-corrected chi connectivity index (χ4v) is 4.05. The molecular formula is C22H20N2O3S. The minimum atomic E-state index is -0.288. The maximum absolute atomic E-state index is 13.0. The Kier molecular flexibility index (Phi) is 5.39. The number of aryl methyl sites for hydroxylation is 1. The zero-order valence-corrected chi connectivity index (χ0v) is 16.1. The number of hydrogen-bond acceptors (Lipinski definition) is 4. The summed E-state index contributed by atoms with van der Waals surface area (Å²) >= 11 is 1.37. The molecule has 0 N–H and O–H groups in total. The van der Waals surface area contributed by atoms with Gasteiger partial charge in [-0.05, 0) is 35.6 Å². The maximum atomic E-state index is 13.0. The molecule has 2 heterocycles. The Balaban J connectivity index is 1.61. The van der Waals surface area contributed by atoms with Crippen LogP contribution in [0.15, 0.2) is 81.7 Å². The smallest absolute Gasteiger partial charge is 0.331 e. The summed E-state index contributed by atoms with van der Waals surface area (Å²) < 4.78 is 9.33. The topological polar surface area (TPSA) is 53.2 Å². The highest BCUT2D eigenvalue weighted by Crippen LogP contribution is 2.16. The Morgan fingerprint density at radius 3 is 2.29 bits per heavy atom. The summed E-state index contributed by atoms with van der Waals surface area (Å²) in [6, 6.07) is 21.2. The van der Waals surface area contributed by atoms with Crippen molar-refractivity contribution in [2.75, 3.05) is 6.61 Å². The minimum absolute atomic E-state index is 0.217. The molecule has 0 spiro atoms. The summed E-state index contributed by atoms with van der Waals surface area (Å²) in [7, 11) is 0. The fraction of sp³-hybridized carbons (Fsp3) is 0.182. The minimum Gasteiger partial charge on any atom is -0.492 e. The summed E-state index contributed by atoms with van der Waals surface area (Å²) in [4.78, 5) is 25.8. The van der Waals surface area contributed by atoms with E-state index in [2.05, 4.69) is 0 Å². The fourth-order valence-electron chi connectivity index (χ4n) is 3.20. The van der Waals surface area contributed by atoms with Crippen LogP contribution in [0.4, 0.5) is 0 Å². The molecule has 142 valence electrons. The molecule has 5 nitrogen and oxygen atoms in total. The van der Waals surface area contributed by atoms with Crippen molar-refractivity contribution in [3.05, 3.63) is 98.5 Å². The average molecular weight is 392 g/mol. The van der Waals surface area contributed by atoms with Crippen molar-refractivity contribution in [1.82, 2.24) is 9.13 Å². The molecule has 4 aromatic rings. The molecule has 0 saturated heterocycles. The molecule has 0 unspecified atom stereocenters. The van der Waals surface area contributed by atoms with Crippen LogP contribution < -0.4 is 16.0 Å². The van der Waals surface area contributed by atoms with Gasteiger partial charge in [0.25, 0.3) is 5.56 Å². The largest absolute Gasteiger partial charge is 0.492 e. The highest BCUT2D eigenvalue weighted by Gasteiger charge is 2.14. The Hall–Kier alpha value is -3.12. The van der Waals surface area contributed by atoms with E-state index in [0.717, 1.165) is 11.3 Å². The number of benzene rings is 2. The van der Waals surface area contributed by atoms with E-state index in [1.54, 1.807) is 4.57 Å². The zero-order chi connectivity index (χ0) is 19.3. The van der Waals surface area contributed by atoms with Crippen LogP contribution in [0.2, 0.25) is 0 Å². The number of fused-ring (bicyclic) bond motifs is 1. The van der Waals surface area contributed by atoms with E-state index in [9.17, 15) is 9.59 Å². The lowest BCUT2D eigenvalue weighted by Crippen LogP contribution is -2.40. The van der Waals surface area contributed by atoms with Crippen molar-refractivity contribution in [2.45, 2.75) is 19.5 Å². The summed E-state index contributed by atoms with van der Waals surface area (Å²) in [6.07, 6.45) is 0.632. The first-order valence-electron chi connectivity index (χ1n) is 9.16. The molecule has 4 rings (SSSR count). The lowest BCUT2D eigenvalue weighted by molar-refractivity contribution is 0.296. The molecule has 0 atom stereocenters. The third-order valence-electron chi connectivity index (χ3n) is 4.63. The van der Waals surface area contributed by atoms with Crippen molar-refractivity contribution >= 4 is 21.6 Å².